The molecule has 0 radical (unpaired) electrons. The Balaban J connectivity index is 0. The molecule has 0 aliphatic heterocycles. The zero-order valence-corrected chi connectivity index (χ0v) is 21.6. The highest BCUT2D eigenvalue weighted by molar-refractivity contribution is 5.83. The van der Waals surface area contributed by atoms with E-state index in [1.807, 2.05) is 0 Å². The Hall–Kier alpha value is -1.58. The van der Waals surface area contributed by atoms with E-state index in [-0.39, 0.29) is 6.42 Å². The minimum atomic E-state index is -1.80. The molecule has 0 saturated heterocycles. The van der Waals surface area contributed by atoms with Gasteiger partial charge in [-0.3, -0.25) is 4.79 Å². The Morgan fingerprint density at radius 3 is 1.60 bits per heavy atom. The monoisotopic (exact) mass is 502 g/mol. The van der Waals surface area contributed by atoms with E-state index < -0.39 is 42.8 Å². The van der Waals surface area contributed by atoms with Crippen molar-refractivity contribution in [2.75, 3.05) is 6.61 Å². The summed E-state index contributed by atoms with van der Waals surface area (Å²) in [6.07, 6.45) is 15.0. The maximum absolute atomic E-state index is 11.9. The number of carbonyl (C=O) groups is 2. The molecule has 0 rings (SSSR count). The molecule has 206 valence electrons. The number of allylic oxidation sites excluding steroid dienone is 2. The van der Waals surface area contributed by atoms with Crippen LogP contribution in [0.5, 0.6) is 0 Å². The van der Waals surface area contributed by atoms with Crippen LogP contribution in [0.2, 0.25) is 0 Å². The molecule has 0 amide bonds. The highest BCUT2D eigenvalue weighted by Gasteiger charge is 2.33. The van der Waals surface area contributed by atoms with E-state index in [0.717, 1.165) is 31.8 Å². The second kappa shape index (κ2) is 25.5. The third-order valence-electron chi connectivity index (χ3n) is 5.69. The van der Waals surface area contributed by atoms with Gasteiger partial charge in [0.1, 0.15) is 24.4 Å². The fourth-order valence-corrected chi connectivity index (χ4v) is 3.41. The summed E-state index contributed by atoms with van der Waals surface area (Å²) in [5.41, 5.74) is 0. The van der Waals surface area contributed by atoms with Crippen molar-refractivity contribution in [1.82, 2.24) is 0 Å². The number of carboxylic acids is 1. The molecular formula is C27H50O8. The topological polar surface area (TPSA) is 156 Å². The van der Waals surface area contributed by atoms with Crippen molar-refractivity contribution in [3.8, 4) is 0 Å². The SMILES string of the molecule is C=CC(=O)O.CCCCCCCC/C=C\CCCCCCCCC(=O)[C@H](O)[C@@H](O)[C@H](O)[C@H](O)CO. The quantitative estimate of drug-likeness (QED) is 0.0744. The molecule has 0 heterocycles. The average Bonchev–Trinajstić information content (AvgIpc) is 2.86. The Morgan fingerprint density at radius 1 is 0.743 bits per heavy atom. The number of ketones is 1. The first-order chi connectivity index (χ1) is 16.7. The summed E-state index contributed by atoms with van der Waals surface area (Å²) in [6, 6.07) is 0. The van der Waals surface area contributed by atoms with Crippen LogP contribution in [0.1, 0.15) is 103 Å². The first kappa shape index (κ1) is 35.6. The molecule has 0 aromatic rings. The predicted octanol–water partition coefficient (Wildman–Crippen LogP) is 3.68. The number of aliphatic hydroxyl groups excluding tert-OH is 5. The second-order valence-corrected chi connectivity index (χ2v) is 8.87. The van der Waals surface area contributed by atoms with Gasteiger partial charge in [0.15, 0.2) is 5.78 Å². The molecular weight excluding hydrogens is 452 g/mol. The van der Waals surface area contributed by atoms with E-state index >= 15 is 0 Å². The molecule has 0 fully saturated rings. The van der Waals surface area contributed by atoms with Crippen LogP contribution in [0.15, 0.2) is 24.8 Å². The number of unbranched alkanes of at least 4 members (excludes halogenated alkanes) is 12. The number of carbonyl (C=O) groups excluding carboxylic acids is 1. The minimum Gasteiger partial charge on any atom is -0.478 e. The Kier molecular flexibility index (Phi) is 25.9. The van der Waals surface area contributed by atoms with Crippen molar-refractivity contribution in [1.29, 1.82) is 0 Å². The Morgan fingerprint density at radius 2 is 1.17 bits per heavy atom. The third kappa shape index (κ3) is 22.6. The normalized spacial score (nSPS) is 14.6. The lowest BCUT2D eigenvalue weighted by atomic mass is 9.97. The molecule has 0 saturated carbocycles. The molecule has 0 aliphatic rings. The number of rotatable bonds is 22. The summed E-state index contributed by atoms with van der Waals surface area (Å²) in [7, 11) is 0. The average molecular weight is 503 g/mol. The lowest BCUT2D eigenvalue weighted by molar-refractivity contribution is -0.147. The van der Waals surface area contributed by atoms with Gasteiger partial charge in [0.2, 0.25) is 0 Å². The number of aliphatic carboxylic acids is 1. The molecule has 0 aromatic carbocycles. The summed E-state index contributed by atoms with van der Waals surface area (Å²) in [5, 5.41) is 54.6. The highest BCUT2D eigenvalue weighted by Crippen LogP contribution is 2.13. The molecule has 8 nitrogen and oxygen atoms in total. The zero-order chi connectivity index (χ0) is 26.9. The van der Waals surface area contributed by atoms with Crippen LogP contribution in [0, 0.1) is 0 Å². The van der Waals surface area contributed by atoms with Crippen molar-refractivity contribution in [3.05, 3.63) is 24.8 Å². The first-order valence-corrected chi connectivity index (χ1v) is 13.1. The van der Waals surface area contributed by atoms with Crippen LogP contribution in [-0.4, -0.2) is 73.4 Å². The fourth-order valence-electron chi connectivity index (χ4n) is 3.41. The van der Waals surface area contributed by atoms with Crippen molar-refractivity contribution >= 4 is 11.8 Å². The molecule has 6 N–H and O–H groups in total. The Labute approximate surface area is 211 Å². The van der Waals surface area contributed by atoms with E-state index in [1.54, 1.807) is 0 Å². The lowest BCUT2D eigenvalue weighted by Crippen LogP contribution is -2.48. The smallest absolute Gasteiger partial charge is 0.327 e. The van der Waals surface area contributed by atoms with Crippen LogP contribution in [0.3, 0.4) is 0 Å². The van der Waals surface area contributed by atoms with Gasteiger partial charge >= 0.3 is 5.97 Å². The number of hydrogen-bond acceptors (Lipinski definition) is 7. The van der Waals surface area contributed by atoms with Crippen molar-refractivity contribution in [2.45, 2.75) is 128 Å². The molecule has 0 aromatic heterocycles. The van der Waals surface area contributed by atoms with Crippen molar-refractivity contribution in [3.63, 3.8) is 0 Å². The van der Waals surface area contributed by atoms with E-state index in [2.05, 4.69) is 25.7 Å². The van der Waals surface area contributed by atoms with Crippen LogP contribution in [-0.2, 0) is 9.59 Å². The van der Waals surface area contributed by atoms with Crippen molar-refractivity contribution < 1.29 is 40.2 Å². The minimum absolute atomic E-state index is 0.126. The molecule has 0 spiro atoms. The molecule has 0 unspecified atom stereocenters. The van der Waals surface area contributed by atoms with E-state index in [1.165, 1.54) is 57.8 Å². The molecule has 35 heavy (non-hydrogen) atoms. The highest BCUT2D eigenvalue weighted by atomic mass is 16.4. The van der Waals surface area contributed by atoms with Gasteiger partial charge < -0.3 is 30.6 Å². The second-order valence-electron chi connectivity index (χ2n) is 8.87. The summed E-state index contributed by atoms with van der Waals surface area (Å²) in [6.45, 7) is 4.45. The maximum Gasteiger partial charge on any atom is 0.327 e. The third-order valence-corrected chi connectivity index (χ3v) is 5.69. The van der Waals surface area contributed by atoms with Crippen LogP contribution < -0.4 is 0 Å². The van der Waals surface area contributed by atoms with Crippen molar-refractivity contribution in [2.24, 2.45) is 0 Å². The fraction of sp³-hybridized carbons (Fsp3) is 0.778. The van der Waals surface area contributed by atoms with Gasteiger partial charge in [0.05, 0.1) is 6.61 Å². The van der Waals surface area contributed by atoms with E-state index in [9.17, 15) is 30.0 Å². The number of hydrogen-bond donors (Lipinski definition) is 6. The first-order valence-electron chi connectivity index (χ1n) is 13.1. The summed E-state index contributed by atoms with van der Waals surface area (Å²) in [4.78, 5) is 21.1. The molecule has 0 aliphatic carbocycles. The number of Topliss-reactive ketones (excluding diaryl/α,β-unsaturated/α-hetero) is 1. The largest absolute Gasteiger partial charge is 0.478 e. The zero-order valence-electron chi connectivity index (χ0n) is 21.6. The van der Waals surface area contributed by atoms with Crippen LogP contribution in [0.25, 0.3) is 0 Å². The van der Waals surface area contributed by atoms with Gasteiger partial charge in [-0.25, -0.2) is 4.79 Å². The predicted molar refractivity (Wildman–Crippen MR) is 138 cm³/mol. The van der Waals surface area contributed by atoms with Gasteiger partial charge in [-0.2, -0.15) is 0 Å². The Bertz CT molecular complexity index is 549. The molecule has 4 atom stereocenters. The van der Waals surface area contributed by atoms with E-state index in [4.69, 9.17) is 10.2 Å². The summed E-state index contributed by atoms with van der Waals surface area (Å²) >= 11 is 0. The van der Waals surface area contributed by atoms with Gasteiger partial charge in [0.25, 0.3) is 0 Å². The molecule has 0 bridgehead atoms. The van der Waals surface area contributed by atoms with Gasteiger partial charge in [-0.15, -0.1) is 0 Å². The van der Waals surface area contributed by atoms with E-state index in [0.29, 0.717) is 6.42 Å². The summed E-state index contributed by atoms with van der Waals surface area (Å²) < 4.78 is 0. The van der Waals surface area contributed by atoms with Crippen LogP contribution in [0.4, 0.5) is 0 Å². The van der Waals surface area contributed by atoms with Crippen LogP contribution >= 0.6 is 0 Å². The summed E-state index contributed by atoms with van der Waals surface area (Å²) in [5.74, 6) is -1.54. The van der Waals surface area contributed by atoms with Gasteiger partial charge in [-0.05, 0) is 32.1 Å². The number of carboxylic acid groups (broad SMARTS) is 1. The maximum atomic E-state index is 11.9. The van der Waals surface area contributed by atoms with Gasteiger partial charge in [0, 0.05) is 12.5 Å². The standard InChI is InChI=1S/C24H46O6.C3H4O2/c1-2-3-4-5-6-7-8-9-10-11-12-13-14-15-16-17-18-20(26)22(28)24(30)23(29)21(27)19-25;1-2-3(4)5/h9-10,21-25,27-30H,2-8,11-19H2,1H3;2H,1H2,(H,4,5)/b10-9-;/t21-,22+,23-,24-;/m1./s1. The molecule has 8 heteroatoms. The number of aliphatic hydroxyl groups is 5. The van der Waals surface area contributed by atoms with Gasteiger partial charge in [-0.1, -0.05) is 83.4 Å². The lowest BCUT2D eigenvalue weighted by Gasteiger charge is -2.24.